The molecule has 0 aliphatic rings. The fourth-order valence-corrected chi connectivity index (χ4v) is 3.59. The third-order valence-corrected chi connectivity index (χ3v) is 5.35. The van der Waals surface area contributed by atoms with Crippen molar-refractivity contribution in [1.29, 1.82) is 0 Å². The predicted molar refractivity (Wildman–Crippen MR) is 125 cm³/mol. The monoisotopic (exact) mass is 469 g/mol. The number of ether oxygens (including phenoxy) is 2. The van der Waals surface area contributed by atoms with Crippen LogP contribution in [0.2, 0.25) is 10.0 Å². The summed E-state index contributed by atoms with van der Waals surface area (Å²) in [5.41, 5.74) is 0.972. The molecule has 4 aromatic rings. The summed E-state index contributed by atoms with van der Waals surface area (Å²) in [6.45, 7) is 0. The molecule has 8 heteroatoms. The van der Waals surface area contributed by atoms with Crippen LogP contribution in [0, 0.1) is 0 Å². The fourth-order valence-electron chi connectivity index (χ4n) is 3.29. The second kappa shape index (κ2) is 8.94. The van der Waals surface area contributed by atoms with E-state index in [1.807, 2.05) is 0 Å². The molecule has 0 spiro atoms. The topological polar surface area (TPSA) is 77.8 Å². The number of hydrogen-bond donors (Lipinski definition) is 1. The Hall–Kier alpha value is -3.48. The summed E-state index contributed by atoms with van der Waals surface area (Å²) in [5.74, 6) is 0.400. The molecule has 32 heavy (non-hydrogen) atoms. The number of carbonyl (C=O) groups is 1. The minimum atomic E-state index is -0.488. The lowest BCUT2D eigenvalue weighted by Crippen LogP contribution is -2.16. The summed E-state index contributed by atoms with van der Waals surface area (Å²) >= 11 is 12.1. The minimum Gasteiger partial charge on any atom is -0.493 e. The molecule has 1 aromatic heterocycles. The molecule has 0 fully saturated rings. The Balaban J connectivity index is 1.85. The third-order valence-electron chi connectivity index (χ3n) is 4.86. The van der Waals surface area contributed by atoms with Crippen molar-refractivity contribution in [3.8, 4) is 22.6 Å². The smallest absolute Gasteiger partial charge is 0.258 e. The molecule has 0 saturated carbocycles. The van der Waals surface area contributed by atoms with Gasteiger partial charge in [-0.3, -0.25) is 14.9 Å². The Kier molecular flexibility index (Phi) is 6.08. The lowest BCUT2D eigenvalue weighted by molar-refractivity contribution is 0.102. The second-order valence-electron chi connectivity index (χ2n) is 6.81. The molecule has 4 rings (SSSR count). The largest absolute Gasteiger partial charge is 0.493 e. The summed E-state index contributed by atoms with van der Waals surface area (Å²) in [4.78, 5) is 26.4. The fraction of sp³-hybridized carbons (Fsp3) is 0.0833. The Morgan fingerprint density at radius 3 is 2.25 bits per heavy atom. The molecule has 0 atom stereocenters. The molecular formula is C24H17Cl2NO5. The van der Waals surface area contributed by atoms with E-state index in [1.165, 1.54) is 26.4 Å². The lowest BCUT2D eigenvalue weighted by atomic mass is 10.0. The first-order valence-corrected chi connectivity index (χ1v) is 10.2. The third kappa shape index (κ3) is 4.15. The minimum absolute atomic E-state index is 0.00642. The number of nitrogens with one attached hydrogen (secondary N) is 1. The van der Waals surface area contributed by atoms with E-state index >= 15 is 0 Å². The van der Waals surface area contributed by atoms with Crippen molar-refractivity contribution < 1.29 is 18.7 Å². The zero-order chi connectivity index (χ0) is 22.8. The van der Waals surface area contributed by atoms with Gasteiger partial charge in [0.15, 0.2) is 11.5 Å². The van der Waals surface area contributed by atoms with E-state index in [0.29, 0.717) is 43.6 Å². The van der Waals surface area contributed by atoms with Gasteiger partial charge in [0.2, 0.25) is 11.3 Å². The molecular weight excluding hydrogens is 453 g/mol. The van der Waals surface area contributed by atoms with Crippen LogP contribution in [0.4, 0.5) is 5.88 Å². The van der Waals surface area contributed by atoms with Crippen molar-refractivity contribution in [3.05, 3.63) is 86.5 Å². The van der Waals surface area contributed by atoms with Crippen LogP contribution in [0.25, 0.3) is 22.1 Å². The Labute approximate surface area is 193 Å². The SMILES string of the molecule is COc1ccc(C(=O)Nc2oc3ccc(Cl)cc3c(=O)c2-c2ccc(Cl)cc2)cc1OC. The normalized spacial score (nSPS) is 10.8. The summed E-state index contributed by atoms with van der Waals surface area (Å²) in [6.07, 6.45) is 0. The van der Waals surface area contributed by atoms with Gasteiger partial charge in [0.1, 0.15) is 5.58 Å². The van der Waals surface area contributed by atoms with E-state index in [2.05, 4.69) is 5.32 Å². The van der Waals surface area contributed by atoms with Gasteiger partial charge in [-0.2, -0.15) is 0 Å². The lowest BCUT2D eigenvalue weighted by Gasteiger charge is -2.13. The van der Waals surface area contributed by atoms with E-state index in [4.69, 9.17) is 37.1 Å². The van der Waals surface area contributed by atoms with Crippen molar-refractivity contribution in [2.24, 2.45) is 0 Å². The molecule has 0 aliphatic carbocycles. The molecule has 6 nitrogen and oxygen atoms in total. The second-order valence-corrected chi connectivity index (χ2v) is 7.68. The van der Waals surface area contributed by atoms with Crippen molar-refractivity contribution in [2.45, 2.75) is 0 Å². The average Bonchev–Trinajstić information content (AvgIpc) is 2.80. The number of amides is 1. The average molecular weight is 470 g/mol. The first-order valence-electron chi connectivity index (χ1n) is 9.47. The summed E-state index contributed by atoms with van der Waals surface area (Å²) in [6, 6.07) is 16.1. The molecule has 0 aliphatic heterocycles. The van der Waals surface area contributed by atoms with Gasteiger partial charge < -0.3 is 13.9 Å². The highest BCUT2D eigenvalue weighted by Gasteiger charge is 2.20. The Morgan fingerprint density at radius 1 is 0.875 bits per heavy atom. The van der Waals surface area contributed by atoms with Crippen LogP contribution in [0.3, 0.4) is 0 Å². The zero-order valence-corrected chi connectivity index (χ0v) is 18.6. The molecule has 0 saturated heterocycles. The van der Waals surface area contributed by atoms with Gasteiger partial charge >= 0.3 is 0 Å². The van der Waals surface area contributed by atoms with Crippen LogP contribution in [0.1, 0.15) is 10.4 Å². The van der Waals surface area contributed by atoms with Crippen LogP contribution < -0.4 is 20.2 Å². The van der Waals surface area contributed by atoms with Crippen LogP contribution in [-0.2, 0) is 0 Å². The van der Waals surface area contributed by atoms with Gasteiger partial charge in [-0.25, -0.2) is 0 Å². The van der Waals surface area contributed by atoms with Crippen molar-refractivity contribution >= 4 is 46.0 Å². The van der Waals surface area contributed by atoms with E-state index in [1.54, 1.807) is 48.5 Å². The maximum Gasteiger partial charge on any atom is 0.258 e. The number of anilines is 1. The van der Waals surface area contributed by atoms with E-state index in [-0.39, 0.29) is 16.9 Å². The number of benzene rings is 3. The van der Waals surface area contributed by atoms with Gasteiger partial charge in [0.25, 0.3) is 5.91 Å². The molecule has 0 radical (unpaired) electrons. The molecule has 0 unspecified atom stereocenters. The van der Waals surface area contributed by atoms with Crippen LogP contribution >= 0.6 is 23.2 Å². The number of fused-ring (bicyclic) bond motifs is 1. The first kappa shape index (κ1) is 21.7. The maximum atomic E-state index is 13.3. The number of rotatable bonds is 5. The predicted octanol–water partition coefficient (Wildman–Crippen LogP) is 6.04. The highest BCUT2D eigenvalue weighted by molar-refractivity contribution is 6.31. The van der Waals surface area contributed by atoms with Gasteiger partial charge in [0, 0.05) is 15.6 Å². The van der Waals surface area contributed by atoms with Gasteiger partial charge in [-0.1, -0.05) is 35.3 Å². The number of methoxy groups -OCH3 is 2. The van der Waals surface area contributed by atoms with Crippen molar-refractivity contribution in [2.75, 3.05) is 19.5 Å². The molecule has 3 aromatic carbocycles. The van der Waals surface area contributed by atoms with E-state index in [9.17, 15) is 9.59 Å². The van der Waals surface area contributed by atoms with Gasteiger partial charge in [0.05, 0.1) is 25.2 Å². The number of carbonyl (C=O) groups excluding carboxylic acids is 1. The van der Waals surface area contributed by atoms with Crippen LogP contribution in [-0.4, -0.2) is 20.1 Å². The molecule has 0 bridgehead atoms. The van der Waals surface area contributed by atoms with Crippen molar-refractivity contribution in [1.82, 2.24) is 0 Å². The molecule has 1 heterocycles. The van der Waals surface area contributed by atoms with Gasteiger partial charge in [-0.15, -0.1) is 0 Å². The van der Waals surface area contributed by atoms with Crippen molar-refractivity contribution in [3.63, 3.8) is 0 Å². The Bertz CT molecular complexity index is 1380. The van der Waals surface area contributed by atoms with E-state index in [0.717, 1.165) is 0 Å². The number of halogens is 2. The highest BCUT2D eigenvalue weighted by atomic mass is 35.5. The first-order chi connectivity index (χ1) is 15.4. The quantitative estimate of drug-likeness (QED) is 0.385. The Morgan fingerprint density at radius 2 is 1.56 bits per heavy atom. The molecule has 162 valence electrons. The van der Waals surface area contributed by atoms with Crippen LogP contribution in [0.15, 0.2) is 69.9 Å². The van der Waals surface area contributed by atoms with Gasteiger partial charge in [-0.05, 0) is 54.1 Å². The zero-order valence-electron chi connectivity index (χ0n) is 17.1. The molecule has 1 amide bonds. The summed E-state index contributed by atoms with van der Waals surface area (Å²) in [7, 11) is 2.98. The summed E-state index contributed by atoms with van der Waals surface area (Å²) < 4.78 is 16.4. The van der Waals surface area contributed by atoms with E-state index < -0.39 is 5.91 Å². The number of hydrogen-bond acceptors (Lipinski definition) is 5. The van der Waals surface area contributed by atoms with Crippen LogP contribution in [0.5, 0.6) is 11.5 Å². The maximum absolute atomic E-state index is 13.3. The summed E-state index contributed by atoms with van der Waals surface area (Å²) in [5, 5.41) is 3.92. The molecule has 1 N–H and O–H groups in total. The standard InChI is InChI=1S/C24H17Cl2NO5/c1-30-19-9-5-14(11-20(19)31-2)23(29)27-24-21(13-3-6-15(25)7-4-13)22(28)17-12-16(26)8-10-18(17)32-24/h3-12H,1-2H3,(H,27,29). The highest BCUT2D eigenvalue weighted by Crippen LogP contribution is 2.32.